The lowest BCUT2D eigenvalue weighted by molar-refractivity contribution is -0.394. The standard InChI is InChI=1S/C14H14O3S.C6H4N2O4/c15-18(16,12-14-9-5-2-6-10-14)17-11-13-7-3-1-4-8-13;9-7(10)5-2-1-3-6(4-5)8(11)12/h1-10H,11-12H2;1-4H. The van der Waals surface area contributed by atoms with Gasteiger partial charge in [0.15, 0.2) is 0 Å². The van der Waals surface area contributed by atoms with E-state index < -0.39 is 20.0 Å². The van der Waals surface area contributed by atoms with Gasteiger partial charge in [0.2, 0.25) is 0 Å². The van der Waals surface area contributed by atoms with Gasteiger partial charge in [0.25, 0.3) is 21.5 Å². The van der Waals surface area contributed by atoms with Gasteiger partial charge in [0.05, 0.1) is 22.5 Å². The summed E-state index contributed by atoms with van der Waals surface area (Å²) in [6.07, 6.45) is 0. The van der Waals surface area contributed by atoms with Gasteiger partial charge in [-0.05, 0) is 17.2 Å². The summed E-state index contributed by atoms with van der Waals surface area (Å²) in [5, 5.41) is 20.3. The van der Waals surface area contributed by atoms with Crippen LogP contribution in [0.5, 0.6) is 0 Å². The lowest BCUT2D eigenvalue weighted by Gasteiger charge is -2.05. The molecule has 0 saturated heterocycles. The quantitative estimate of drug-likeness (QED) is 0.311. The van der Waals surface area contributed by atoms with E-state index in [4.69, 9.17) is 4.18 Å². The minimum Gasteiger partial charge on any atom is -0.265 e. The van der Waals surface area contributed by atoms with Crippen LogP contribution in [0.2, 0.25) is 0 Å². The molecule has 0 spiro atoms. The minimum absolute atomic E-state index is 0.0794. The number of nitro groups is 2. The molecule has 0 heterocycles. The van der Waals surface area contributed by atoms with Crippen LogP contribution in [0.15, 0.2) is 84.9 Å². The van der Waals surface area contributed by atoms with E-state index in [0.717, 1.165) is 17.2 Å². The molecule has 0 aliphatic carbocycles. The van der Waals surface area contributed by atoms with Gasteiger partial charge in [-0.3, -0.25) is 24.4 Å². The Bertz CT molecular complexity index is 1060. The Morgan fingerprint density at radius 3 is 1.63 bits per heavy atom. The maximum absolute atomic E-state index is 11.8. The van der Waals surface area contributed by atoms with Crippen molar-refractivity contribution in [3.8, 4) is 0 Å². The van der Waals surface area contributed by atoms with Gasteiger partial charge < -0.3 is 0 Å². The lowest BCUT2D eigenvalue weighted by Crippen LogP contribution is -2.08. The lowest BCUT2D eigenvalue weighted by atomic mass is 10.2. The maximum Gasteiger partial charge on any atom is 0.276 e. The summed E-state index contributed by atoms with van der Waals surface area (Å²) < 4.78 is 28.5. The zero-order chi connectivity index (χ0) is 22.0. The molecule has 0 aromatic heterocycles. The molecular formula is C20H18N2O7S. The van der Waals surface area contributed by atoms with Crippen molar-refractivity contribution >= 4 is 21.5 Å². The molecule has 30 heavy (non-hydrogen) atoms. The highest BCUT2D eigenvalue weighted by atomic mass is 32.2. The Kier molecular flexibility index (Phi) is 8.15. The number of benzene rings is 3. The summed E-state index contributed by atoms with van der Waals surface area (Å²) in [5.41, 5.74) is 1.02. The Hall–Kier alpha value is -3.63. The van der Waals surface area contributed by atoms with Crippen LogP contribution in [0.4, 0.5) is 11.4 Å². The first-order valence-electron chi connectivity index (χ1n) is 8.60. The number of hydrogen-bond donors (Lipinski definition) is 0. The first-order chi connectivity index (χ1) is 14.3. The molecule has 9 nitrogen and oxygen atoms in total. The molecule has 0 amide bonds. The van der Waals surface area contributed by atoms with Crippen molar-refractivity contribution in [1.82, 2.24) is 0 Å². The van der Waals surface area contributed by atoms with E-state index in [1.807, 2.05) is 48.5 Å². The summed E-state index contributed by atoms with van der Waals surface area (Å²) in [7, 11) is -3.53. The van der Waals surface area contributed by atoms with Crippen LogP contribution in [0.25, 0.3) is 0 Å². The average molecular weight is 430 g/mol. The van der Waals surface area contributed by atoms with Crippen LogP contribution in [0.3, 0.4) is 0 Å². The van der Waals surface area contributed by atoms with Gasteiger partial charge in [-0.2, -0.15) is 8.42 Å². The van der Waals surface area contributed by atoms with E-state index in [2.05, 4.69) is 0 Å². The second kappa shape index (κ2) is 10.8. The van der Waals surface area contributed by atoms with E-state index in [1.54, 1.807) is 12.1 Å². The van der Waals surface area contributed by atoms with Crippen molar-refractivity contribution in [2.24, 2.45) is 0 Å². The van der Waals surface area contributed by atoms with Crippen molar-refractivity contribution in [2.45, 2.75) is 12.4 Å². The van der Waals surface area contributed by atoms with E-state index in [9.17, 15) is 28.6 Å². The zero-order valence-corrected chi connectivity index (χ0v) is 16.5. The molecule has 0 fully saturated rings. The van der Waals surface area contributed by atoms with Crippen LogP contribution in [-0.2, 0) is 26.7 Å². The molecular weight excluding hydrogens is 412 g/mol. The molecule has 0 aliphatic heterocycles. The Balaban J connectivity index is 0.000000232. The van der Waals surface area contributed by atoms with Crippen LogP contribution < -0.4 is 0 Å². The highest BCUT2D eigenvalue weighted by Crippen LogP contribution is 2.18. The maximum atomic E-state index is 11.8. The molecule has 0 radical (unpaired) electrons. The van der Waals surface area contributed by atoms with Crippen LogP contribution in [0, 0.1) is 20.2 Å². The predicted octanol–water partition coefficient (Wildman–Crippen LogP) is 4.24. The van der Waals surface area contributed by atoms with E-state index in [1.165, 1.54) is 18.2 Å². The number of hydrogen-bond acceptors (Lipinski definition) is 7. The largest absolute Gasteiger partial charge is 0.276 e. The third-order valence-corrected chi connectivity index (χ3v) is 4.85. The normalized spacial score (nSPS) is 10.5. The second-order valence-corrected chi connectivity index (χ2v) is 7.61. The van der Waals surface area contributed by atoms with Gasteiger partial charge in [0.1, 0.15) is 5.75 Å². The Labute approximate surface area is 173 Å². The second-order valence-electron chi connectivity index (χ2n) is 5.97. The molecule has 3 rings (SSSR count). The summed E-state index contributed by atoms with van der Waals surface area (Å²) in [5.74, 6) is -0.0966. The molecule has 0 unspecified atom stereocenters. The smallest absolute Gasteiger partial charge is 0.265 e. The molecule has 10 heteroatoms. The molecule has 3 aromatic carbocycles. The summed E-state index contributed by atoms with van der Waals surface area (Å²) in [4.78, 5) is 19.0. The van der Waals surface area contributed by atoms with E-state index in [0.29, 0.717) is 0 Å². The monoisotopic (exact) mass is 430 g/mol. The van der Waals surface area contributed by atoms with Crippen molar-refractivity contribution in [1.29, 1.82) is 0 Å². The first-order valence-corrected chi connectivity index (χ1v) is 10.2. The van der Waals surface area contributed by atoms with Crippen LogP contribution >= 0.6 is 0 Å². The number of rotatable bonds is 7. The fourth-order valence-corrected chi connectivity index (χ4v) is 3.27. The van der Waals surface area contributed by atoms with Gasteiger partial charge >= 0.3 is 0 Å². The van der Waals surface area contributed by atoms with Crippen molar-refractivity contribution < 1.29 is 22.4 Å². The minimum atomic E-state index is -3.53. The van der Waals surface area contributed by atoms with Crippen molar-refractivity contribution in [2.75, 3.05) is 0 Å². The fourth-order valence-electron chi connectivity index (χ4n) is 2.27. The van der Waals surface area contributed by atoms with E-state index in [-0.39, 0.29) is 23.7 Å². The topological polar surface area (TPSA) is 130 Å². The Morgan fingerprint density at radius 2 is 1.17 bits per heavy atom. The highest BCUT2D eigenvalue weighted by Gasteiger charge is 2.13. The van der Waals surface area contributed by atoms with Crippen LogP contribution in [-0.4, -0.2) is 18.3 Å². The zero-order valence-electron chi connectivity index (χ0n) is 15.7. The fraction of sp³-hybridized carbons (Fsp3) is 0.100. The van der Waals surface area contributed by atoms with Gasteiger partial charge in [0, 0.05) is 12.1 Å². The Morgan fingerprint density at radius 1 is 0.700 bits per heavy atom. The molecule has 0 bridgehead atoms. The van der Waals surface area contributed by atoms with Gasteiger partial charge in [-0.25, -0.2) is 0 Å². The third-order valence-electron chi connectivity index (χ3n) is 3.69. The summed E-state index contributed by atoms with van der Waals surface area (Å²) in [6, 6.07) is 22.8. The van der Waals surface area contributed by atoms with Gasteiger partial charge in [-0.15, -0.1) is 0 Å². The van der Waals surface area contributed by atoms with Gasteiger partial charge in [-0.1, -0.05) is 60.7 Å². The number of nitro benzene ring substituents is 2. The predicted molar refractivity (Wildman–Crippen MR) is 110 cm³/mol. The molecule has 0 saturated carbocycles. The summed E-state index contributed by atoms with van der Waals surface area (Å²) >= 11 is 0. The highest BCUT2D eigenvalue weighted by molar-refractivity contribution is 7.85. The number of nitrogens with zero attached hydrogens (tertiary/aromatic N) is 2. The SMILES string of the molecule is O=S(=O)(Cc1ccccc1)OCc1ccccc1.O=[N+]([O-])c1cccc([N+](=O)[O-])c1. The molecule has 0 aliphatic rings. The molecule has 156 valence electrons. The van der Waals surface area contributed by atoms with Crippen molar-refractivity contribution in [3.63, 3.8) is 0 Å². The van der Waals surface area contributed by atoms with Crippen molar-refractivity contribution in [3.05, 3.63) is 116 Å². The number of non-ortho nitro benzene ring substituents is 2. The summed E-state index contributed by atoms with van der Waals surface area (Å²) in [6.45, 7) is 0.0794. The average Bonchev–Trinajstić information content (AvgIpc) is 2.74. The molecule has 0 N–H and O–H groups in total. The molecule has 0 atom stereocenters. The third kappa shape index (κ3) is 7.78. The first kappa shape index (κ1) is 22.7. The van der Waals surface area contributed by atoms with Crippen LogP contribution in [0.1, 0.15) is 11.1 Å². The van der Waals surface area contributed by atoms with E-state index >= 15 is 0 Å². The molecule has 3 aromatic rings.